The summed E-state index contributed by atoms with van der Waals surface area (Å²) in [7, 11) is 0. The lowest BCUT2D eigenvalue weighted by atomic mass is 9.93. The van der Waals surface area contributed by atoms with Gasteiger partial charge in [0.1, 0.15) is 5.54 Å². The number of urea groups is 1. The molecule has 2 aliphatic rings. The van der Waals surface area contributed by atoms with E-state index >= 15 is 0 Å². The third kappa shape index (κ3) is 3.43. The van der Waals surface area contributed by atoms with Gasteiger partial charge < -0.3 is 15.3 Å². The fraction of sp³-hybridized carbons (Fsp3) is 0.875. The first-order chi connectivity index (χ1) is 10.4. The number of imide groups is 1. The molecule has 2 N–H and O–H groups in total. The maximum Gasteiger partial charge on any atom is 0.325 e. The van der Waals surface area contributed by atoms with Gasteiger partial charge in [-0.2, -0.15) is 0 Å². The third-order valence-electron chi connectivity index (χ3n) is 5.19. The normalized spacial score (nSPS) is 24.6. The van der Waals surface area contributed by atoms with Gasteiger partial charge in [0, 0.05) is 6.54 Å². The number of nitrogens with zero attached hydrogens (tertiary/aromatic N) is 2. The van der Waals surface area contributed by atoms with Gasteiger partial charge in [-0.25, -0.2) is 4.79 Å². The predicted molar refractivity (Wildman–Crippen MR) is 84.4 cm³/mol. The molecule has 1 atom stereocenters. The molecule has 0 radical (unpaired) electrons. The molecule has 0 unspecified atom stereocenters. The van der Waals surface area contributed by atoms with E-state index in [4.69, 9.17) is 0 Å². The van der Waals surface area contributed by atoms with E-state index < -0.39 is 11.6 Å². The number of carbonyl (C=O) groups excluding carboxylic acids is 2. The van der Waals surface area contributed by atoms with Crippen molar-refractivity contribution in [1.82, 2.24) is 15.1 Å². The molecule has 0 aromatic carbocycles. The highest BCUT2D eigenvalue weighted by Crippen LogP contribution is 2.25. The van der Waals surface area contributed by atoms with E-state index in [9.17, 15) is 14.7 Å². The summed E-state index contributed by atoms with van der Waals surface area (Å²) in [6, 6.07) is -0.375. The van der Waals surface area contributed by atoms with Crippen molar-refractivity contribution in [3.63, 3.8) is 0 Å². The van der Waals surface area contributed by atoms with Crippen LogP contribution in [0.5, 0.6) is 0 Å². The number of piperidine rings is 1. The van der Waals surface area contributed by atoms with Crippen LogP contribution in [0, 0.1) is 5.92 Å². The highest BCUT2D eigenvalue weighted by Gasteiger charge is 2.49. The van der Waals surface area contributed by atoms with Crippen LogP contribution in [0.15, 0.2) is 0 Å². The number of aliphatic hydroxyl groups is 1. The molecule has 6 heteroatoms. The summed E-state index contributed by atoms with van der Waals surface area (Å²) in [6.45, 7) is 8.61. The Kier molecular flexibility index (Phi) is 5.45. The quantitative estimate of drug-likeness (QED) is 0.723. The van der Waals surface area contributed by atoms with Gasteiger partial charge in [0.25, 0.3) is 5.91 Å². The van der Waals surface area contributed by atoms with Gasteiger partial charge in [-0.15, -0.1) is 0 Å². The van der Waals surface area contributed by atoms with Gasteiger partial charge >= 0.3 is 6.03 Å². The molecule has 126 valence electrons. The monoisotopic (exact) mass is 311 g/mol. The fourth-order valence-electron chi connectivity index (χ4n) is 3.38. The lowest BCUT2D eigenvalue weighted by molar-refractivity contribution is -0.132. The Morgan fingerprint density at radius 1 is 1.23 bits per heavy atom. The summed E-state index contributed by atoms with van der Waals surface area (Å²) < 4.78 is 0. The van der Waals surface area contributed by atoms with Crippen molar-refractivity contribution in [1.29, 1.82) is 0 Å². The van der Waals surface area contributed by atoms with Crippen molar-refractivity contribution in [2.75, 3.05) is 26.2 Å². The van der Waals surface area contributed by atoms with Gasteiger partial charge in [0.05, 0.1) is 12.6 Å². The van der Waals surface area contributed by atoms with Crippen molar-refractivity contribution >= 4 is 11.9 Å². The van der Waals surface area contributed by atoms with Crippen LogP contribution in [-0.2, 0) is 4.79 Å². The molecule has 0 aromatic rings. The lowest BCUT2D eigenvalue weighted by Gasteiger charge is -2.32. The number of carbonyl (C=O) groups is 2. The Bertz CT molecular complexity index is 415. The second-order valence-electron chi connectivity index (χ2n) is 6.77. The molecule has 0 saturated carbocycles. The third-order valence-corrected chi connectivity index (χ3v) is 5.19. The van der Waals surface area contributed by atoms with Gasteiger partial charge in [-0.1, -0.05) is 20.8 Å². The number of nitrogens with one attached hydrogen (secondary N) is 1. The average Bonchev–Trinajstić information content (AvgIpc) is 2.74. The molecule has 0 spiro atoms. The van der Waals surface area contributed by atoms with E-state index in [2.05, 4.69) is 17.1 Å². The first kappa shape index (κ1) is 17.2. The summed E-state index contributed by atoms with van der Waals surface area (Å²) in [5.41, 5.74) is -0.780. The minimum atomic E-state index is -0.780. The molecule has 2 rings (SSSR count). The maximum absolute atomic E-state index is 12.5. The van der Waals surface area contributed by atoms with Crippen molar-refractivity contribution in [2.24, 2.45) is 5.92 Å². The molecule has 0 bridgehead atoms. The summed E-state index contributed by atoms with van der Waals surface area (Å²) in [4.78, 5) is 27.9. The Hall–Kier alpha value is -1.14. The topological polar surface area (TPSA) is 72.9 Å². The van der Waals surface area contributed by atoms with E-state index in [-0.39, 0.29) is 18.5 Å². The van der Waals surface area contributed by atoms with Gasteiger partial charge in [-0.3, -0.25) is 9.69 Å². The molecule has 2 saturated heterocycles. The van der Waals surface area contributed by atoms with E-state index in [1.807, 2.05) is 13.8 Å². The van der Waals surface area contributed by atoms with Gasteiger partial charge in [-0.05, 0) is 44.7 Å². The van der Waals surface area contributed by atoms with E-state index in [1.54, 1.807) is 0 Å². The Labute approximate surface area is 132 Å². The molecular formula is C16H29N3O3. The number of likely N-dealkylation sites (tertiary alicyclic amines) is 1. The number of amides is 3. The fourth-order valence-corrected chi connectivity index (χ4v) is 3.38. The summed E-state index contributed by atoms with van der Waals surface area (Å²) >= 11 is 0. The zero-order chi connectivity index (χ0) is 16.3. The van der Waals surface area contributed by atoms with Crippen molar-refractivity contribution in [3.05, 3.63) is 0 Å². The Morgan fingerprint density at radius 2 is 1.82 bits per heavy atom. The van der Waals surface area contributed by atoms with E-state index in [0.29, 0.717) is 19.4 Å². The average molecular weight is 311 g/mol. The molecule has 0 aliphatic carbocycles. The molecule has 3 amide bonds. The lowest BCUT2D eigenvalue weighted by Crippen LogP contribution is -2.47. The standard InChI is InChI=1S/C16H29N3O3/c1-4-16(5-2)14(21)19(15(22)17-16)11-13(20)10-18-8-6-12(3)7-9-18/h12-13,20H,4-11H2,1-3H3,(H,17,22)/t13-/m0/s1. The summed E-state index contributed by atoms with van der Waals surface area (Å²) in [5, 5.41) is 13.1. The van der Waals surface area contributed by atoms with Crippen molar-refractivity contribution < 1.29 is 14.7 Å². The number of β-amino-alcohol motifs (C(OH)–C–C–N with tert-alkyl or cyclic N) is 1. The molecule has 2 aliphatic heterocycles. The van der Waals surface area contributed by atoms with Crippen LogP contribution in [0.1, 0.15) is 46.5 Å². The molecule has 2 fully saturated rings. The van der Waals surface area contributed by atoms with Gasteiger partial charge in [0.2, 0.25) is 0 Å². The zero-order valence-corrected chi connectivity index (χ0v) is 14.0. The first-order valence-electron chi connectivity index (χ1n) is 8.46. The van der Waals surface area contributed by atoms with E-state index in [0.717, 1.165) is 31.8 Å². The minimum absolute atomic E-state index is 0.0818. The number of rotatable bonds is 6. The second kappa shape index (κ2) is 6.96. The van der Waals surface area contributed by atoms with Crippen LogP contribution in [-0.4, -0.2) is 64.7 Å². The number of hydrogen-bond acceptors (Lipinski definition) is 4. The summed E-state index contributed by atoms with van der Waals surface area (Å²) in [6.07, 6.45) is 2.75. The van der Waals surface area contributed by atoms with Crippen LogP contribution in [0.25, 0.3) is 0 Å². The van der Waals surface area contributed by atoms with Crippen LogP contribution < -0.4 is 5.32 Å². The maximum atomic E-state index is 12.5. The molecular weight excluding hydrogens is 282 g/mol. The van der Waals surface area contributed by atoms with Crippen molar-refractivity contribution in [3.8, 4) is 0 Å². The first-order valence-corrected chi connectivity index (χ1v) is 8.46. The van der Waals surface area contributed by atoms with Crippen LogP contribution in [0.2, 0.25) is 0 Å². The highest BCUT2D eigenvalue weighted by atomic mass is 16.3. The Balaban J connectivity index is 1.90. The van der Waals surface area contributed by atoms with Crippen molar-refractivity contribution in [2.45, 2.75) is 58.1 Å². The zero-order valence-electron chi connectivity index (χ0n) is 14.0. The number of hydrogen-bond donors (Lipinski definition) is 2. The largest absolute Gasteiger partial charge is 0.390 e. The van der Waals surface area contributed by atoms with E-state index in [1.165, 1.54) is 4.90 Å². The smallest absolute Gasteiger partial charge is 0.325 e. The molecule has 6 nitrogen and oxygen atoms in total. The number of aliphatic hydroxyl groups excluding tert-OH is 1. The van der Waals surface area contributed by atoms with Gasteiger partial charge in [0.15, 0.2) is 0 Å². The summed E-state index contributed by atoms with van der Waals surface area (Å²) in [5.74, 6) is 0.544. The SMILES string of the molecule is CCC1(CC)NC(=O)N(C[C@@H](O)CN2CCC(C)CC2)C1=O. The van der Waals surface area contributed by atoms with Crippen LogP contribution >= 0.6 is 0 Å². The highest BCUT2D eigenvalue weighted by molar-refractivity contribution is 6.07. The predicted octanol–water partition coefficient (Wildman–Crippen LogP) is 1.19. The minimum Gasteiger partial charge on any atom is -0.390 e. The second-order valence-corrected chi connectivity index (χ2v) is 6.77. The van der Waals surface area contributed by atoms with Crippen LogP contribution in [0.3, 0.4) is 0 Å². The molecule has 22 heavy (non-hydrogen) atoms. The van der Waals surface area contributed by atoms with Crippen LogP contribution in [0.4, 0.5) is 4.79 Å². The Morgan fingerprint density at radius 3 is 2.32 bits per heavy atom. The molecule has 0 aromatic heterocycles. The molecule has 2 heterocycles.